The molecule has 0 radical (unpaired) electrons. The number of tetrazole rings is 1. The molecule has 2 heterocycles. The Hall–Kier alpha value is -2.77. The van der Waals surface area contributed by atoms with Crippen LogP contribution in [0, 0.1) is 0 Å². The summed E-state index contributed by atoms with van der Waals surface area (Å²) in [5.41, 5.74) is 1.57. The quantitative estimate of drug-likeness (QED) is 0.692. The molecular formula is C19H19ClN6O. The molecule has 27 heavy (non-hydrogen) atoms. The number of para-hydroxylation sites is 1. The van der Waals surface area contributed by atoms with Crippen LogP contribution in [0.1, 0.15) is 16.2 Å². The second-order valence-corrected chi connectivity index (χ2v) is 6.86. The zero-order valence-electron chi connectivity index (χ0n) is 14.7. The van der Waals surface area contributed by atoms with Crippen molar-refractivity contribution in [3.05, 3.63) is 71.0 Å². The Labute approximate surface area is 162 Å². The Morgan fingerprint density at radius 2 is 1.78 bits per heavy atom. The molecule has 3 aromatic rings. The van der Waals surface area contributed by atoms with E-state index < -0.39 is 0 Å². The summed E-state index contributed by atoms with van der Waals surface area (Å²) < 4.78 is 1.75. The van der Waals surface area contributed by atoms with Gasteiger partial charge in [0.25, 0.3) is 5.91 Å². The summed E-state index contributed by atoms with van der Waals surface area (Å²) in [5.74, 6) is 0.807. The summed E-state index contributed by atoms with van der Waals surface area (Å²) in [6, 6.07) is 16.9. The van der Waals surface area contributed by atoms with Crippen molar-refractivity contribution >= 4 is 17.5 Å². The fourth-order valence-corrected chi connectivity index (χ4v) is 3.38. The van der Waals surface area contributed by atoms with Gasteiger partial charge in [-0.25, -0.2) is 0 Å². The largest absolute Gasteiger partial charge is 0.336 e. The van der Waals surface area contributed by atoms with Gasteiger partial charge in [-0.3, -0.25) is 9.69 Å². The van der Waals surface area contributed by atoms with Crippen molar-refractivity contribution < 1.29 is 4.79 Å². The third-order valence-corrected chi connectivity index (χ3v) is 4.87. The Morgan fingerprint density at radius 1 is 1.00 bits per heavy atom. The lowest BCUT2D eigenvalue weighted by Gasteiger charge is -2.34. The lowest BCUT2D eigenvalue weighted by Crippen LogP contribution is -2.48. The van der Waals surface area contributed by atoms with E-state index in [1.807, 2.05) is 35.2 Å². The molecule has 1 aliphatic rings. The van der Waals surface area contributed by atoms with E-state index in [2.05, 4.69) is 20.4 Å². The van der Waals surface area contributed by atoms with E-state index in [0.29, 0.717) is 30.2 Å². The van der Waals surface area contributed by atoms with E-state index in [-0.39, 0.29) is 5.91 Å². The number of rotatable bonds is 4. The summed E-state index contributed by atoms with van der Waals surface area (Å²) in [7, 11) is 0. The number of amides is 1. The van der Waals surface area contributed by atoms with Crippen molar-refractivity contribution in [2.75, 3.05) is 26.2 Å². The van der Waals surface area contributed by atoms with E-state index in [9.17, 15) is 4.79 Å². The van der Waals surface area contributed by atoms with Crippen molar-refractivity contribution in [3.8, 4) is 5.69 Å². The first-order chi connectivity index (χ1) is 13.2. The van der Waals surface area contributed by atoms with E-state index >= 15 is 0 Å². The van der Waals surface area contributed by atoms with E-state index in [0.717, 1.165) is 24.6 Å². The normalized spacial score (nSPS) is 15.1. The van der Waals surface area contributed by atoms with E-state index in [1.54, 1.807) is 28.9 Å². The van der Waals surface area contributed by atoms with Crippen LogP contribution in [0.25, 0.3) is 5.69 Å². The van der Waals surface area contributed by atoms with Gasteiger partial charge < -0.3 is 4.90 Å². The van der Waals surface area contributed by atoms with Crippen LogP contribution in [-0.2, 0) is 6.54 Å². The zero-order chi connectivity index (χ0) is 18.6. The Morgan fingerprint density at radius 3 is 2.52 bits per heavy atom. The fraction of sp³-hybridized carbons (Fsp3) is 0.263. The molecule has 1 fully saturated rings. The Bertz CT molecular complexity index is 921. The highest BCUT2D eigenvalue weighted by Gasteiger charge is 2.23. The molecule has 1 amide bonds. The monoisotopic (exact) mass is 382 g/mol. The average molecular weight is 383 g/mol. The first-order valence-corrected chi connectivity index (χ1v) is 9.18. The third-order valence-electron chi connectivity index (χ3n) is 4.63. The van der Waals surface area contributed by atoms with E-state index in [1.165, 1.54) is 0 Å². The summed E-state index contributed by atoms with van der Waals surface area (Å²) in [6.07, 6.45) is 0. The second-order valence-electron chi connectivity index (χ2n) is 6.42. The molecule has 2 aromatic carbocycles. The molecule has 1 saturated heterocycles. The van der Waals surface area contributed by atoms with Crippen LogP contribution >= 0.6 is 11.6 Å². The van der Waals surface area contributed by atoms with Gasteiger partial charge in [0.15, 0.2) is 5.82 Å². The molecule has 0 aliphatic carbocycles. The minimum Gasteiger partial charge on any atom is -0.336 e. The van der Waals surface area contributed by atoms with Crippen molar-refractivity contribution in [2.45, 2.75) is 6.54 Å². The first kappa shape index (κ1) is 17.6. The maximum absolute atomic E-state index is 12.6. The van der Waals surface area contributed by atoms with Crippen LogP contribution in [0.4, 0.5) is 0 Å². The molecule has 0 spiro atoms. The lowest BCUT2D eigenvalue weighted by molar-refractivity contribution is 0.0624. The molecule has 7 nitrogen and oxygen atoms in total. The van der Waals surface area contributed by atoms with Gasteiger partial charge in [-0.15, -0.1) is 5.10 Å². The van der Waals surface area contributed by atoms with Crippen LogP contribution in [0.2, 0.25) is 5.02 Å². The van der Waals surface area contributed by atoms with Crippen LogP contribution in [-0.4, -0.2) is 62.1 Å². The van der Waals surface area contributed by atoms with Gasteiger partial charge in [-0.1, -0.05) is 35.9 Å². The minimum atomic E-state index is 0.0197. The van der Waals surface area contributed by atoms with Gasteiger partial charge >= 0.3 is 0 Å². The zero-order valence-corrected chi connectivity index (χ0v) is 15.5. The number of hydrogen-bond donors (Lipinski definition) is 0. The number of piperazine rings is 1. The molecule has 4 rings (SSSR count). The molecule has 0 bridgehead atoms. The highest BCUT2D eigenvalue weighted by molar-refractivity contribution is 6.30. The van der Waals surface area contributed by atoms with Crippen molar-refractivity contribution in [1.82, 2.24) is 30.0 Å². The maximum atomic E-state index is 12.6. The number of carbonyl (C=O) groups is 1. The Kier molecular flexibility index (Phi) is 5.13. The number of halogens is 1. The van der Waals surface area contributed by atoms with Gasteiger partial charge in [0.2, 0.25) is 0 Å². The van der Waals surface area contributed by atoms with Gasteiger partial charge in [0, 0.05) is 36.8 Å². The van der Waals surface area contributed by atoms with Crippen LogP contribution < -0.4 is 0 Å². The molecule has 1 aliphatic heterocycles. The summed E-state index contributed by atoms with van der Waals surface area (Å²) >= 11 is 6.00. The molecule has 8 heteroatoms. The molecular weight excluding hydrogens is 364 g/mol. The number of nitrogens with zero attached hydrogens (tertiary/aromatic N) is 6. The van der Waals surface area contributed by atoms with Crippen molar-refractivity contribution in [2.24, 2.45) is 0 Å². The lowest BCUT2D eigenvalue weighted by atomic mass is 10.2. The van der Waals surface area contributed by atoms with Gasteiger partial charge in [0.1, 0.15) is 0 Å². The van der Waals surface area contributed by atoms with Gasteiger partial charge in [-0.05, 0) is 40.8 Å². The predicted octanol–water partition coefficient (Wildman–Crippen LogP) is 2.27. The molecule has 0 atom stereocenters. The number of benzene rings is 2. The summed E-state index contributed by atoms with van der Waals surface area (Å²) in [5, 5.41) is 12.6. The highest BCUT2D eigenvalue weighted by Crippen LogP contribution is 2.15. The van der Waals surface area contributed by atoms with E-state index in [4.69, 9.17) is 11.6 Å². The Balaban J connectivity index is 1.38. The molecule has 0 saturated carbocycles. The predicted molar refractivity (Wildman–Crippen MR) is 102 cm³/mol. The molecule has 1 aromatic heterocycles. The van der Waals surface area contributed by atoms with Gasteiger partial charge in [-0.2, -0.15) is 4.68 Å². The smallest absolute Gasteiger partial charge is 0.253 e. The summed E-state index contributed by atoms with van der Waals surface area (Å²) in [6.45, 7) is 3.51. The minimum absolute atomic E-state index is 0.0197. The van der Waals surface area contributed by atoms with Crippen LogP contribution in [0.5, 0.6) is 0 Å². The molecule has 0 N–H and O–H groups in total. The third kappa shape index (κ3) is 3.99. The average Bonchev–Trinajstić information content (AvgIpc) is 3.17. The topological polar surface area (TPSA) is 67.2 Å². The number of aromatic nitrogens is 4. The fourth-order valence-electron chi connectivity index (χ4n) is 3.19. The van der Waals surface area contributed by atoms with Crippen LogP contribution in [0.3, 0.4) is 0 Å². The second kappa shape index (κ2) is 7.85. The molecule has 0 unspecified atom stereocenters. The van der Waals surface area contributed by atoms with Crippen molar-refractivity contribution in [3.63, 3.8) is 0 Å². The number of carbonyl (C=O) groups excluding carboxylic acids is 1. The maximum Gasteiger partial charge on any atom is 0.253 e. The SMILES string of the molecule is O=C(c1cccc(Cl)c1)N1CCN(Cc2nnnn2-c2ccccc2)CC1. The van der Waals surface area contributed by atoms with Crippen LogP contribution in [0.15, 0.2) is 54.6 Å². The number of hydrogen-bond acceptors (Lipinski definition) is 5. The van der Waals surface area contributed by atoms with Gasteiger partial charge in [0.05, 0.1) is 12.2 Å². The molecule has 138 valence electrons. The first-order valence-electron chi connectivity index (χ1n) is 8.80. The standard InChI is InChI=1S/C19H19ClN6O/c20-16-6-4-5-15(13-16)19(27)25-11-9-24(10-12-25)14-18-21-22-23-26(18)17-7-2-1-3-8-17/h1-8,13H,9-12,14H2. The summed E-state index contributed by atoms with van der Waals surface area (Å²) in [4.78, 5) is 16.7. The van der Waals surface area contributed by atoms with Crippen molar-refractivity contribution in [1.29, 1.82) is 0 Å². The highest BCUT2D eigenvalue weighted by atomic mass is 35.5.